The number of halogens is 5. The zero-order valence-electron chi connectivity index (χ0n) is 9.43. The van der Waals surface area contributed by atoms with Crippen LogP contribution < -0.4 is 5.32 Å². The lowest BCUT2D eigenvalue weighted by Gasteiger charge is -2.20. The predicted molar refractivity (Wildman–Crippen MR) is 56.7 cm³/mol. The number of hydrogen-bond acceptors (Lipinski definition) is 2. The van der Waals surface area contributed by atoms with Crippen LogP contribution in [0.25, 0.3) is 0 Å². The van der Waals surface area contributed by atoms with Crippen LogP contribution in [0.3, 0.4) is 0 Å². The van der Waals surface area contributed by atoms with Gasteiger partial charge in [0.2, 0.25) is 0 Å². The maximum atomic E-state index is 12.9. The van der Waals surface area contributed by atoms with E-state index in [0.717, 1.165) is 12.1 Å². The first-order valence-electron chi connectivity index (χ1n) is 4.96. The van der Waals surface area contributed by atoms with Crippen LogP contribution in [-0.4, -0.2) is 18.9 Å². The SMILES string of the molecule is [CH2]COC(=O)Nc1ccc(C(F)(F)C(F)(F)F)cc1. The van der Waals surface area contributed by atoms with Gasteiger partial charge in [-0.3, -0.25) is 5.32 Å². The Kier molecular flexibility index (Phi) is 4.33. The molecule has 0 bridgehead atoms. The molecule has 8 heteroatoms. The van der Waals surface area contributed by atoms with E-state index in [1.165, 1.54) is 0 Å². The predicted octanol–water partition coefficient (Wildman–Crippen LogP) is 3.72. The second-order valence-electron chi connectivity index (χ2n) is 3.41. The molecule has 105 valence electrons. The minimum absolute atomic E-state index is 0.0279. The molecule has 1 rings (SSSR count). The van der Waals surface area contributed by atoms with Crippen LogP contribution in [0, 0.1) is 6.92 Å². The van der Waals surface area contributed by atoms with Gasteiger partial charge in [-0.2, -0.15) is 22.0 Å². The van der Waals surface area contributed by atoms with Crippen molar-refractivity contribution in [3.05, 3.63) is 36.8 Å². The summed E-state index contributed by atoms with van der Waals surface area (Å²) >= 11 is 0. The molecule has 0 saturated carbocycles. The van der Waals surface area contributed by atoms with Gasteiger partial charge in [-0.15, -0.1) is 0 Å². The molecule has 0 spiro atoms. The average Bonchev–Trinajstić information content (AvgIpc) is 2.28. The lowest BCUT2D eigenvalue weighted by molar-refractivity contribution is -0.289. The molecule has 0 saturated heterocycles. The summed E-state index contributed by atoms with van der Waals surface area (Å²) in [5.41, 5.74) is -1.18. The summed E-state index contributed by atoms with van der Waals surface area (Å²) in [4.78, 5) is 11.0. The van der Waals surface area contributed by atoms with Crippen molar-refractivity contribution in [3.63, 3.8) is 0 Å². The molecule has 0 aliphatic heterocycles. The van der Waals surface area contributed by atoms with Gasteiger partial charge in [0.25, 0.3) is 0 Å². The molecular weight excluding hydrogens is 273 g/mol. The number of alkyl halides is 5. The lowest BCUT2D eigenvalue weighted by Crippen LogP contribution is -2.33. The second kappa shape index (κ2) is 5.41. The first kappa shape index (κ1) is 15.2. The molecule has 0 fully saturated rings. The average molecular weight is 282 g/mol. The Morgan fingerprint density at radius 2 is 1.68 bits per heavy atom. The molecule has 1 N–H and O–H groups in total. The van der Waals surface area contributed by atoms with E-state index in [1.54, 1.807) is 0 Å². The van der Waals surface area contributed by atoms with E-state index < -0.39 is 23.8 Å². The normalized spacial score (nSPS) is 12.1. The van der Waals surface area contributed by atoms with Crippen molar-refractivity contribution >= 4 is 11.8 Å². The molecule has 0 aliphatic rings. The third-order valence-corrected chi connectivity index (χ3v) is 2.08. The highest BCUT2D eigenvalue weighted by atomic mass is 19.4. The van der Waals surface area contributed by atoms with Crippen LogP contribution in [0.1, 0.15) is 5.56 Å². The first-order valence-corrected chi connectivity index (χ1v) is 4.96. The number of hydrogen-bond donors (Lipinski definition) is 1. The fourth-order valence-electron chi connectivity index (χ4n) is 1.17. The molecule has 3 nitrogen and oxygen atoms in total. The molecule has 1 amide bonds. The van der Waals surface area contributed by atoms with Crippen LogP contribution in [0.2, 0.25) is 0 Å². The molecular formula is C11H9F5NO2. The van der Waals surface area contributed by atoms with E-state index in [2.05, 4.69) is 17.0 Å². The number of anilines is 1. The highest BCUT2D eigenvalue weighted by Crippen LogP contribution is 2.43. The smallest absolute Gasteiger partial charge is 0.449 e. The van der Waals surface area contributed by atoms with Gasteiger partial charge in [-0.25, -0.2) is 4.79 Å². The fraction of sp³-hybridized carbons (Fsp3) is 0.273. The third-order valence-electron chi connectivity index (χ3n) is 2.08. The van der Waals surface area contributed by atoms with Crippen molar-refractivity contribution < 1.29 is 31.5 Å². The molecule has 1 radical (unpaired) electrons. The fourth-order valence-corrected chi connectivity index (χ4v) is 1.17. The van der Waals surface area contributed by atoms with Gasteiger partial charge in [-0.05, 0) is 19.1 Å². The van der Waals surface area contributed by atoms with Gasteiger partial charge in [0.1, 0.15) is 0 Å². The Labute approximate surface area is 105 Å². The van der Waals surface area contributed by atoms with Crippen molar-refractivity contribution in [3.8, 4) is 0 Å². The number of nitrogens with one attached hydrogen (secondary N) is 1. The van der Waals surface area contributed by atoms with Crippen molar-refractivity contribution in [2.45, 2.75) is 12.1 Å². The summed E-state index contributed by atoms with van der Waals surface area (Å²) in [6.45, 7) is 3.09. The molecule has 0 atom stereocenters. The summed E-state index contributed by atoms with van der Waals surface area (Å²) in [6, 6.07) is 2.99. The number of carbonyl (C=O) groups is 1. The molecule has 0 unspecified atom stereocenters. The standard InChI is InChI=1S/C11H9F5NO2/c1-2-19-9(18)17-8-5-3-7(4-6-8)10(12,13)11(14,15)16/h3-6H,1-2H2,(H,17,18). The van der Waals surface area contributed by atoms with Gasteiger partial charge in [-0.1, -0.05) is 12.1 Å². The number of ether oxygens (including phenoxy) is 1. The van der Waals surface area contributed by atoms with E-state index in [0.29, 0.717) is 12.1 Å². The van der Waals surface area contributed by atoms with E-state index in [9.17, 15) is 26.7 Å². The van der Waals surface area contributed by atoms with Crippen molar-refractivity contribution in [1.29, 1.82) is 0 Å². The minimum atomic E-state index is -5.67. The van der Waals surface area contributed by atoms with Crippen LogP contribution in [0.15, 0.2) is 24.3 Å². The van der Waals surface area contributed by atoms with Gasteiger partial charge >= 0.3 is 18.2 Å². The monoisotopic (exact) mass is 282 g/mol. The van der Waals surface area contributed by atoms with Crippen LogP contribution >= 0.6 is 0 Å². The van der Waals surface area contributed by atoms with Gasteiger partial charge in [0.05, 0.1) is 6.61 Å². The molecule has 0 heterocycles. The van der Waals surface area contributed by atoms with E-state index in [-0.39, 0.29) is 12.3 Å². The summed E-state index contributed by atoms with van der Waals surface area (Å²) < 4.78 is 66.5. The Bertz CT molecular complexity index is 441. The maximum Gasteiger partial charge on any atom is 0.458 e. The quantitative estimate of drug-likeness (QED) is 0.858. The molecule has 19 heavy (non-hydrogen) atoms. The summed E-state index contributed by atoms with van der Waals surface area (Å²) in [7, 11) is 0. The second-order valence-corrected chi connectivity index (χ2v) is 3.41. The molecule has 1 aromatic carbocycles. The Morgan fingerprint density at radius 1 is 1.16 bits per heavy atom. The number of benzene rings is 1. The van der Waals surface area contributed by atoms with Gasteiger partial charge in [0.15, 0.2) is 0 Å². The maximum absolute atomic E-state index is 12.9. The number of carbonyl (C=O) groups excluding carboxylic acids is 1. The van der Waals surface area contributed by atoms with Crippen LogP contribution in [0.5, 0.6) is 0 Å². The van der Waals surface area contributed by atoms with Crippen molar-refractivity contribution in [2.24, 2.45) is 0 Å². The topological polar surface area (TPSA) is 38.3 Å². The number of amides is 1. The molecule has 0 aliphatic carbocycles. The molecule has 1 aromatic rings. The summed E-state index contributed by atoms with van der Waals surface area (Å²) in [5, 5.41) is 2.13. The van der Waals surface area contributed by atoms with Gasteiger partial charge in [0, 0.05) is 11.3 Å². The lowest BCUT2D eigenvalue weighted by atomic mass is 10.1. The van der Waals surface area contributed by atoms with Gasteiger partial charge < -0.3 is 4.74 Å². The van der Waals surface area contributed by atoms with Crippen LogP contribution in [-0.2, 0) is 10.7 Å². The Morgan fingerprint density at radius 3 is 2.11 bits per heavy atom. The van der Waals surface area contributed by atoms with Crippen LogP contribution in [0.4, 0.5) is 32.4 Å². The van der Waals surface area contributed by atoms with Crippen molar-refractivity contribution in [1.82, 2.24) is 0 Å². The molecule has 0 aromatic heterocycles. The zero-order valence-corrected chi connectivity index (χ0v) is 9.43. The minimum Gasteiger partial charge on any atom is -0.449 e. The summed E-state index contributed by atoms with van der Waals surface area (Å²) in [5.74, 6) is -4.95. The highest BCUT2D eigenvalue weighted by Gasteiger charge is 2.58. The summed E-state index contributed by atoms with van der Waals surface area (Å²) in [6.07, 6.45) is -6.56. The highest BCUT2D eigenvalue weighted by molar-refractivity contribution is 5.84. The first-order chi connectivity index (χ1) is 8.68. The third kappa shape index (κ3) is 3.55. The van der Waals surface area contributed by atoms with E-state index in [4.69, 9.17) is 0 Å². The van der Waals surface area contributed by atoms with E-state index in [1.807, 2.05) is 0 Å². The van der Waals surface area contributed by atoms with Crippen molar-refractivity contribution in [2.75, 3.05) is 11.9 Å². The number of rotatable bonds is 3. The largest absolute Gasteiger partial charge is 0.458 e. The zero-order chi connectivity index (χ0) is 14.7. The van der Waals surface area contributed by atoms with E-state index >= 15 is 0 Å². The Hall–Kier alpha value is -1.86. The Balaban J connectivity index is 2.85.